The van der Waals surface area contributed by atoms with Gasteiger partial charge < -0.3 is 10.6 Å². The summed E-state index contributed by atoms with van der Waals surface area (Å²) in [6.07, 6.45) is 13.6. The molecule has 31 heavy (non-hydrogen) atoms. The Labute approximate surface area is 191 Å². The van der Waals surface area contributed by atoms with Crippen LogP contribution in [-0.2, 0) is 11.3 Å². The van der Waals surface area contributed by atoms with E-state index in [-0.39, 0.29) is 0 Å². The minimum Gasteiger partial charge on any atom is -0.333 e. The van der Waals surface area contributed by atoms with Crippen molar-refractivity contribution in [2.75, 3.05) is 33.2 Å². The van der Waals surface area contributed by atoms with Gasteiger partial charge in [-0.3, -0.25) is 9.69 Å². The Morgan fingerprint density at radius 1 is 1.16 bits per heavy atom. The fraction of sp³-hybridized carbons (Fsp3) is 0.560. The van der Waals surface area contributed by atoms with Gasteiger partial charge in [0.25, 0.3) is 0 Å². The topological polar surface area (TPSA) is 47.6 Å². The zero-order valence-electron chi connectivity index (χ0n) is 18.6. The van der Waals surface area contributed by atoms with Crippen molar-refractivity contribution in [3.8, 4) is 0 Å². The highest BCUT2D eigenvalue weighted by Gasteiger charge is 2.22. The maximum absolute atomic E-state index is 10.6. The lowest BCUT2D eigenvalue weighted by atomic mass is 9.89. The predicted molar refractivity (Wildman–Crippen MR) is 130 cm³/mol. The van der Waals surface area contributed by atoms with Crippen LogP contribution in [0.15, 0.2) is 48.2 Å². The number of benzene rings is 1. The van der Waals surface area contributed by atoms with E-state index in [1.165, 1.54) is 36.8 Å². The van der Waals surface area contributed by atoms with Crippen LogP contribution in [0.3, 0.4) is 0 Å². The van der Waals surface area contributed by atoms with Gasteiger partial charge >= 0.3 is 0 Å². The molecule has 3 aliphatic rings. The Bertz CT molecular complexity index is 772. The Hall–Kier alpha value is -1.60. The predicted octanol–water partition coefficient (Wildman–Crippen LogP) is 3.66. The average molecular weight is 441 g/mol. The van der Waals surface area contributed by atoms with Crippen molar-refractivity contribution in [3.05, 3.63) is 59.3 Å². The van der Waals surface area contributed by atoms with Crippen LogP contribution >= 0.6 is 11.9 Å². The van der Waals surface area contributed by atoms with Gasteiger partial charge in [-0.25, -0.2) is 4.31 Å². The molecule has 2 atom stereocenters. The molecule has 0 bridgehead atoms. The van der Waals surface area contributed by atoms with Gasteiger partial charge in [0.05, 0.1) is 0 Å². The standard InChI is InChI=1S/C25H36N4OS/c1-28(24-10-14-26-15-11-24)18-20-2-4-21(5-3-20)22-6-8-25(9-7-22)31-29-16-12-23(13-17-29)27-19-30/h2-6,8,12,19,22,24-26H,7,9-11,13-18H2,1H3,(H,27,30). The molecule has 2 aliphatic heterocycles. The second-order valence-corrected chi connectivity index (χ2v) is 10.3. The molecule has 2 unspecified atom stereocenters. The number of hydrogen-bond donors (Lipinski definition) is 2. The van der Waals surface area contributed by atoms with Crippen LogP contribution in [0.2, 0.25) is 0 Å². The van der Waals surface area contributed by atoms with Crippen LogP contribution in [0, 0.1) is 0 Å². The number of nitrogens with one attached hydrogen (secondary N) is 2. The minimum atomic E-state index is 0.540. The molecular weight excluding hydrogens is 404 g/mol. The first-order valence-corrected chi connectivity index (χ1v) is 12.5. The third kappa shape index (κ3) is 6.45. The minimum absolute atomic E-state index is 0.540. The summed E-state index contributed by atoms with van der Waals surface area (Å²) in [5, 5.41) is 6.80. The summed E-state index contributed by atoms with van der Waals surface area (Å²) in [4.78, 5) is 13.1. The number of nitrogens with zero attached hydrogens (tertiary/aromatic N) is 2. The zero-order chi connectivity index (χ0) is 21.5. The Morgan fingerprint density at radius 2 is 1.97 bits per heavy atom. The number of allylic oxidation sites excluding steroid dienone is 1. The molecule has 168 valence electrons. The molecule has 0 aromatic heterocycles. The number of rotatable bonds is 8. The fourth-order valence-electron chi connectivity index (χ4n) is 4.84. The Morgan fingerprint density at radius 3 is 2.61 bits per heavy atom. The summed E-state index contributed by atoms with van der Waals surface area (Å²) in [5.74, 6) is 0.540. The summed E-state index contributed by atoms with van der Waals surface area (Å²) in [7, 11) is 2.27. The third-order valence-corrected chi connectivity index (χ3v) is 8.09. The van der Waals surface area contributed by atoms with Crippen molar-refractivity contribution in [1.29, 1.82) is 0 Å². The van der Waals surface area contributed by atoms with Crippen LogP contribution in [-0.4, -0.2) is 60.1 Å². The molecule has 0 spiro atoms. The Balaban J connectivity index is 1.25. The van der Waals surface area contributed by atoms with Gasteiger partial charge in [0.2, 0.25) is 6.41 Å². The number of carbonyl (C=O) groups is 1. The van der Waals surface area contributed by atoms with Gasteiger partial charge in [0.15, 0.2) is 0 Å². The molecule has 0 radical (unpaired) electrons. The van der Waals surface area contributed by atoms with Gasteiger partial charge in [-0.15, -0.1) is 0 Å². The van der Waals surface area contributed by atoms with E-state index in [9.17, 15) is 4.79 Å². The highest BCUT2D eigenvalue weighted by molar-refractivity contribution is 7.97. The quantitative estimate of drug-likeness (QED) is 0.367. The van der Waals surface area contributed by atoms with Crippen molar-refractivity contribution < 1.29 is 4.79 Å². The molecule has 0 saturated carbocycles. The number of carbonyl (C=O) groups excluding carboxylic acids is 1. The van der Waals surface area contributed by atoms with E-state index >= 15 is 0 Å². The summed E-state index contributed by atoms with van der Waals surface area (Å²) >= 11 is 1.96. The second-order valence-electron chi connectivity index (χ2n) is 8.98. The van der Waals surface area contributed by atoms with Crippen LogP contribution in [0.4, 0.5) is 0 Å². The molecule has 1 aromatic carbocycles. The van der Waals surface area contributed by atoms with E-state index in [0.717, 1.165) is 51.3 Å². The van der Waals surface area contributed by atoms with Crippen LogP contribution in [0.5, 0.6) is 0 Å². The largest absolute Gasteiger partial charge is 0.333 e. The monoisotopic (exact) mass is 440 g/mol. The van der Waals surface area contributed by atoms with Gasteiger partial charge in [0, 0.05) is 49.0 Å². The van der Waals surface area contributed by atoms with Gasteiger partial charge in [-0.2, -0.15) is 0 Å². The molecule has 4 rings (SSSR count). The van der Waals surface area contributed by atoms with E-state index in [1.54, 1.807) is 0 Å². The van der Waals surface area contributed by atoms with Crippen molar-refractivity contribution in [3.63, 3.8) is 0 Å². The normalized spacial score (nSPS) is 25.4. The van der Waals surface area contributed by atoms with E-state index in [1.807, 2.05) is 11.9 Å². The lowest BCUT2D eigenvalue weighted by molar-refractivity contribution is -0.109. The van der Waals surface area contributed by atoms with E-state index < -0.39 is 0 Å². The Kier molecular flexibility index (Phi) is 8.25. The first-order valence-electron chi connectivity index (χ1n) is 11.7. The molecule has 2 N–H and O–H groups in total. The molecule has 6 heteroatoms. The molecule has 1 fully saturated rings. The highest BCUT2D eigenvalue weighted by Crippen LogP contribution is 2.34. The first kappa shape index (κ1) is 22.6. The molecule has 5 nitrogen and oxygen atoms in total. The lowest BCUT2D eigenvalue weighted by Crippen LogP contribution is -2.40. The zero-order valence-corrected chi connectivity index (χ0v) is 19.4. The molecular formula is C25H36N4OS. The van der Waals surface area contributed by atoms with Crippen LogP contribution < -0.4 is 10.6 Å². The fourth-order valence-corrected chi connectivity index (χ4v) is 5.98. The van der Waals surface area contributed by atoms with E-state index in [4.69, 9.17) is 0 Å². The van der Waals surface area contributed by atoms with Crippen molar-refractivity contribution >= 4 is 18.4 Å². The number of amides is 1. The summed E-state index contributed by atoms with van der Waals surface area (Å²) in [6, 6.07) is 10.0. The lowest BCUT2D eigenvalue weighted by Gasteiger charge is -2.32. The molecule has 1 aromatic rings. The van der Waals surface area contributed by atoms with Crippen molar-refractivity contribution in [2.24, 2.45) is 0 Å². The third-order valence-electron chi connectivity index (χ3n) is 6.79. The first-order chi connectivity index (χ1) is 15.2. The van der Waals surface area contributed by atoms with Gasteiger partial charge in [-0.1, -0.05) is 54.4 Å². The van der Waals surface area contributed by atoms with Crippen LogP contribution in [0.1, 0.15) is 49.1 Å². The van der Waals surface area contributed by atoms with Gasteiger partial charge in [-0.05, 0) is 56.9 Å². The van der Waals surface area contributed by atoms with Crippen molar-refractivity contribution in [2.45, 2.75) is 55.9 Å². The molecule has 1 amide bonds. The number of hydrogen-bond acceptors (Lipinski definition) is 5. The van der Waals surface area contributed by atoms with Crippen molar-refractivity contribution in [1.82, 2.24) is 19.8 Å². The molecule has 2 heterocycles. The molecule has 1 aliphatic carbocycles. The number of piperidine rings is 1. The summed E-state index contributed by atoms with van der Waals surface area (Å²) < 4.78 is 2.42. The van der Waals surface area contributed by atoms with Crippen LogP contribution in [0.25, 0.3) is 0 Å². The SMILES string of the molecule is CN(Cc1ccc(C2C=CC(SN3CC=C(NC=O)CC3)CC2)cc1)C1CCNCC1. The van der Waals surface area contributed by atoms with E-state index in [2.05, 4.69) is 69.4 Å². The average Bonchev–Trinajstić information content (AvgIpc) is 2.82. The maximum atomic E-state index is 10.6. The summed E-state index contributed by atoms with van der Waals surface area (Å²) in [5.41, 5.74) is 3.91. The van der Waals surface area contributed by atoms with Gasteiger partial charge in [0.1, 0.15) is 0 Å². The smallest absolute Gasteiger partial charge is 0.211 e. The van der Waals surface area contributed by atoms with E-state index in [0.29, 0.717) is 17.2 Å². The molecule has 1 saturated heterocycles. The maximum Gasteiger partial charge on any atom is 0.211 e. The highest BCUT2D eigenvalue weighted by atomic mass is 32.2. The summed E-state index contributed by atoms with van der Waals surface area (Å²) in [6.45, 7) is 5.24. The second kappa shape index (κ2) is 11.3.